The van der Waals surface area contributed by atoms with Gasteiger partial charge in [0.25, 0.3) is 0 Å². The van der Waals surface area contributed by atoms with Crippen molar-refractivity contribution in [2.75, 3.05) is 0 Å². The van der Waals surface area contributed by atoms with Crippen LogP contribution in [-0.2, 0) is 0 Å². The molecule has 0 amide bonds. The van der Waals surface area contributed by atoms with Crippen LogP contribution in [0.2, 0.25) is 0 Å². The fraction of sp³-hybridized carbons (Fsp3) is 1.00. The van der Waals surface area contributed by atoms with E-state index >= 15 is 0 Å². The van der Waals surface area contributed by atoms with Crippen LogP contribution in [0.1, 0.15) is 69.2 Å². The fourth-order valence-electron chi connectivity index (χ4n) is 4.37. The maximum atomic E-state index is 4.06. The third kappa shape index (κ3) is 4.01. The van der Waals surface area contributed by atoms with Crippen LogP contribution in [0.25, 0.3) is 0 Å². The summed E-state index contributed by atoms with van der Waals surface area (Å²) in [6.45, 7) is 23.8. The first-order valence-corrected chi connectivity index (χ1v) is 9.13. The third-order valence-corrected chi connectivity index (χ3v) is 5.21. The number of piperazine rings is 1. The number of nitrogens with one attached hydrogen (secondary N) is 1. The minimum atomic E-state index is 0.592. The van der Waals surface area contributed by atoms with E-state index in [1.807, 2.05) is 0 Å². The summed E-state index contributed by atoms with van der Waals surface area (Å²) in [5.74, 6) is 2.71. The lowest BCUT2D eigenvalue weighted by Gasteiger charge is -2.57. The lowest BCUT2D eigenvalue weighted by Crippen LogP contribution is -2.73. The summed E-state index contributed by atoms with van der Waals surface area (Å²) in [7, 11) is 0. The molecule has 2 nitrogen and oxygen atoms in total. The summed E-state index contributed by atoms with van der Waals surface area (Å²) in [6.07, 6.45) is 0. The molecule has 1 fully saturated rings. The van der Waals surface area contributed by atoms with Crippen LogP contribution >= 0.6 is 0 Å². The zero-order chi connectivity index (χ0) is 16.5. The summed E-state index contributed by atoms with van der Waals surface area (Å²) < 4.78 is 0. The number of hydrogen-bond acceptors (Lipinski definition) is 2. The Morgan fingerprint density at radius 3 is 1.10 bits per heavy atom. The second kappa shape index (κ2) is 7.46. The summed E-state index contributed by atoms with van der Waals surface area (Å²) in [6, 6.07) is 3.05. The predicted molar refractivity (Wildman–Crippen MR) is 94.6 cm³/mol. The summed E-state index contributed by atoms with van der Waals surface area (Å²) >= 11 is 0. The van der Waals surface area contributed by atoms with Gasteiger partial charge >= 0.3 is 0 Å². The quantitative estimate of drug-likeness (QED) is 0.809. The fourth-order valence-corrected chi connectivity index (χ4v) is 4.37. The Hall–Kier alpha value is -0.0800. The van der Waals surface area contributed by atoms with Crippen LogP contribution in [0.5, 0.6) is 0 Å². The zero-order valence-electron chi connectivity index (χ0n) is 16.1. The molecule has 4 unspecified atom stereocenters. The lowest BCUT2D eigenvalue weighted by atomic mass is 9.76. The van der Waals surface area contributed by atoms with Crippen LogP contribution in [0.4, 0.5) is 0 Å². The number of rotatable bonds is 5. The van der Waals surface area contributed by atoms with Crippen molar-refractivity contribution < 1.29 is 0 Å². The Labute approximate surface area is 134 Å². The first-order chi connectivity index (χ1) is 9.59. The van der Waals surface area contributed by atoms with E-state index in [2.05, 4.69) is 79.5 Å². The summed E-state index contributed by atoms with van der Waals surface area (Å²) in [5, 5.41) is 4.06. The van der Waals surface area contributed by atoms with Crippen LogP contribution in [0.15, 0.2) is 0 Å². The highest BCUT2D eigenvalue weighted by molar-refractivity contribution is 5.04. The van der Waals surface area contributed by atoms with Gasteiger partial charge in [0.2, 0.25) is 0 Å². The van der Waals surface area contributed by atoms with E-state index in [9.17, 15) is 0 Å². The van der Waals surface area contributed by atoms with Gasteiger partial charge in [0.05, 0.1) is 0 Å². The molecule has 0 aliphatic carbocycles. The van der Waals surface area contributed by atoms with Gasteiger partial charge in [-0.1, -0.05) is 55.4 Å². The van der Waals surface area contributed by atoms with Crippen molar-refractivity contribution >= 4 is 0 Å². The van der Waals surface area contributed by atoms with Gasteiger partial charge in [-0.15, -0.1) is 0 Å². The normalized spacial score (nSPS) is 32.1. The Morgan fingerprint density at radius 2 is 0.905 bits per heavy atom. The SMILES string of the molecule is CC(C)C1NC(C(C)C)C(C(C)C)N(C(C)C)C1C(C)C. The number of hydrogen-bond donors (Lipinski definition) is 1. The Balaban J connectivity index is 3.28. The molecular weight excluding hydrogens is 256 g/mol. The monoisotopic (exact) mass is 296 g/mol. The molecule has 1 heterocycles. The van der Waals surface area contributed by atoms with Crippen molar-refractivity contribution in [3.8, 4) is 0 Å². The van der Waals surface area contributed by atoms with E-state index in [0.717, 1.165) is 0 Å². The number of nitrogens with zero attached hydrogens (tertiary/aromatic N) is 1. The van der Waals surface area contributed by atoms with Crippen molar-refractivity contribution in [1.82, 2.24) is 10.2 Å². The van der Waals surface area contributed by atoms with Crippen LogP contribution < -0.4 is 5.32 Å². The molecule has 0 bridgehead atoms. The Bertz CT molecular complexity index is 281. The van der Waals surface area contributed by atoms with Crippen molar-refractivity contribution in [3.05, 3.63) is 0 Å². The Kier molecular flexibility index (Phi) is 6.74. The Morgan fingerprint density at radius 1 is 0.571 bits per heavy atom. The first-order valence-electron chi connectivity index (χ1n) is 9.13. The van der Waals surface area contributed by atoms with E-state index in [0.29, 0.717) is 53.9 Å². The molecule has 0 aromatic carbocycles. The van der Waals surface area contributed by atoms with E-state index in [-0.39, 0.29) is 0 Å². The molecule has 126 valence electrons. The average Bonchev–Trinajstić information content (AvgIpc) is 2.34. The van der Waals surface area contributed by atoms with Gasteiger partial charge in [-0.25, -0.2) is 0 Å². The molecule has 1 saturated heterocycles. The molecular formula is C19H40N2. The van der Waals surface area contributed by atoms with Gasteiger partial charge in [0.15, 0.2) is 0 Å². The molecule has 2 heteroatoms. The van der Waals surface area contributed by atoms with Gasteiger partial charge in [-0.05, 0) is 37.5 Å². The highest BCUT2D eigenvalue weighted by atomic mass is 15.3. The molecule has 0 aromatic rings. The largest absolute Gasteiger partial charge is 0.308 e. The third-order valence-electron chi connectivity index (χ3n) is 5.21. The van der Waals surface area contributed by atoms with Crippen LogP contribution in [0, 0.1) is 23.7 Å². The molecule has 1 aliphatic rings. The van der Waals surface area contributed by atoms with Crippen LogP contribution in [0.3, 0.4) is 0 Å². The highest BCUT2D eigenvalue weighted by Gasteiger charge is 2.47. The van der Waals surface area contributed by atoms with E-state index in [4.69, 9.17) is 0 Å². The predicted octanol–water partition coefficient (Wildman–Crippen LogP) is 4.40. The molecule has 4 atom stereocenters. The molecule has 0 radical (unpaired) electrons. The molecule has 0 spiro atoms. The molecule has 1 rings (SSSR count). The average molecular weight is 297 g/mol. The van der Waals surface area contributed by atoms with Crippen molar-refractivity contribution in [2.24, 2.45) is 23.7 Å². The molecule has 1 N–H and O–H groups in total. The van der Waals surface area contributed by atoms with Gasteiger partial charge in [0, 0.05) is 30.2 Å². The minimum Gasteiger partial charge on any atom is -0.308 e. The highest BCUT2D eigenvalue weighted by Crippen LogP contribution is 2.35. The maximum Gasteiger partial charge on any atom is 0.0281 e. The zero-order valence-corrected chi connectivity index (χ0v) is 16.1. The molecule has 0 aromatic heterocycles. The van der Waals surface area contributed by atoms with Gasteiger partial charge in [-0.3, -0.25) is 4.90 Å². The molecule has 1 aliphatic heterocycles. The summed E-state index contributed by atoms with van der Waals surface area (Å²) in [4.78, 5) is 2.85. The maximum absolute atomic E-state index is 4.06. The lowest BCUT2D eigenvalue weighted by molar-refractivity contribution is -0.0540. The first kappa shape index (κ1) is 19.0. The van der Waals surface area contributed by atoms with Crippen LogP contribution in [-0.4, -0.2) is 35.1 Å². The van der Waals surface area contributed by atoms with E-state index in [1.54, 1.807) is 0 Å². The molecule has 21 heavy (non-hydrogen) atoms. The van der Waals surface area contributed by atoms with Crippen molar-refractivity contribution in [2.45, 2.75) is 99.4 Å². The second-order valence-corrected chi connectivity index (χ2v) is 8.72. The van der Waals surface area contributed by atoms with Crippen molar-refractivity contribution in [3.63, 3.8) is 0 Å². The van der Waals surface area contributed by atoms with Gasteiger partial charge in [-0.2, -0.15) is 0 Å². The summed E-state index contributed by atoms with van der Waals surface area (Å²) in [5.41, 5.74) is 0. The topological polar surface area (TPSA) is 15.3 Å². The van der Waals surface area contributed by atoms with Gasteiger partial charge in [0.1, 0.15) is 0 Å². The standard InChI is InChI=1S/C19H40N2/c1-11(2)16-18(13(5)6)21(15(9)10)19(14(7)8)17(20-16)12(3)4/h11-20H,1-10H3. The van der Waals surface area contributed by atoms with E-state index in [1.165, 1.54) is 0 Å². The molecule has 0 saturated carbocycles. The smallest absolute Gasteiger partial charge is 0.0281 e. The minimum absolute atomic E-state index is 0.592. The van der Waals surface area contributed by atoms with Gasteiger partial charge < -0.3 is 5.32 Å². The van der Waals surface area contributed by atoms with E-state index < -0.39 is 0 Å². The second-order valence-electron chi connectivity index (χ2n) is 8.72. The van der Waals surface area contributed by atoms with Crippen molar-refractivity contribution in [1.29, 1.82) is 0 Å².